The molecule has 14 heavy (non-hydrogen) atoms. The summed E-state index contributed by atoms with van der Waals surface area (Å²) in [7, 11) is 0. The zero-order chi connectivity index (χ0) is 10.9. The van der Waals surface area contributed by atoms with Gasteiger partial charge in [-0.25, -0.2) is 0 Å². The van der Waals surface area contributed by atoms with Gasteiger partial charge in [0.15, 0.2) is 5.79 Å². The van der Waals surface area contributed by atoms with Crippen LogP contribution in [-0.4, -0.2) is 22.5 Å². The Morgan fingerprint density at radius 1 is 0.929 bits per heavy atom. The molecule has 0 aromatic rings. The lowest BCUT2D eigenvalue weighted by atomic mass is 10.0. The quantitative estimate of drug-likeness (QED) is 0.395. The molecule has 0 aliphatic rings. The monoisotopic (exact) mass is 203 g/mol. The van der Waals surface area contributed by atoms with Gasteiger partial charge in [-0.1, -0.05) is 32.6 Å². The maximum absolute atomic E-state index is 9.30. The second-order valence-corrected chi connectivity index (χ2v) is 4.00. The summed E-state index contributed by atoms with van der Waals surface area (Å²) in [6.45, 7) is 2.58. The van der Waals surface area contributed by atoms with E-state index in [-0.39, 0.29) is 0 Å². The summed E-state index contributed by atoms with van der Waals surface area (Å²) in [6.07, 6.45) is 7.62. The fourth-order valence-corrected chi connectivity index (χ4v) is 1.44. The van der Waals surface area contributed by atoms with Crippen LogP contribution in [0.1, 0.15) is 58.3 Å². The molecule has 0 spiro atoms. The lowest BCUT2D eigenvalue weighted by Crippen LogP contribution is -2.26. The normalized spacial score (nSPS) is 12.0. The van der Waals surface area contributed by atoms with Gasteiger partial charge in [-0.2, -0.15) is 0 Å². The summed E-state index contributed by atoms with van der Waals surface area (Å²) in [5.74, 6) is -1.43. The van der Waals surface area contributed by atoms with Crippen molar-refractivity contribution < 1.29 is 10.2 Å². The van der Waals surface area contributed by atoms with E-state index in [2.05, 4.69) is 0 Å². The minimum atomic E-state index is -1.43. The van der Waals surface area contributed by atoms with Crippen molar-refractivity contribution in [3.63, 3.8) is 0 Å². The Kier molecular flexibility index (Phi) is 8.14. The van der Waals surface area contributed by atoms with Gasteiger partial charge in [-0.15, -0.1) is 0 Å². The lowest BCUT2D eigenvalue weighted by Gasteiger charge is -2.19. The van der Waals surface area contributed by atoms with Gasteiger partial charge in [-0.05, 0) is 25.8 Å². The number of hydrogen-bond acceptors (Lipinski definition) is 3. The van der Waals surface area contributed by atoms with Crippen LogP contribution in [0.5, 0.6) is 0 Å². The van der Waals surface area contributed by atoms with E-state index in [4.69, 9.17) is 5.73 Å². The fraction of sp³-hybridized carbons (Fsp3) is 1.00. The van der Waals surface area contributed by atoms with Crippen molar-refractivity contribution >= 4 is 0 Å². The zero-order valence-electron chi connectivity index (χ0n) is 9.34. The van der Waals surface area contributed by atoms with E-state index in [1.807, 2.05) is 0 Å². The molecule has 86 valence electrons. The number of rotatable bonds is 9. The second-order valence-electron chi connectivity index (χ2n) is 4.00. The summed E-state index contributed by atoms with van der Waals surface area (Å²) in [5.41, 5.74) is 5.38. The minimum Gasteiger partial charge on any atom is -0.366 e. The van der Waals surface area contributed by atoms with Crippen molar-refractivity contribution in [2.24, 2.45) is 5.73 Å². The molecule has 0 saturated heterocycles. The van der Waals surface area contributed by atoms with Gasteiger partial charge in [0.05, 0.1) is 0 Å². The van der Waals surface area contributed by atoms with Crippen LogP contribution in [0.25, 0.3) is 0 Å². The van der Waals surface area contributed by atoms with Gasteiger partial charge in [0, 0.05) is 6.42 Å². The SMILES string of the molecule is CCC(O)(O)CCCCCCCCN. The molecule has 4 N–H and O–H groups in total. The number of aliphatic hydroxyl groups is 2. The third-order valence-electron chi connectivity index (χ3n) is 2.60. The van der Waals surface area contributed by atoms with E-state index in [9.17, 15) is 10.2 Å². The summed E-state index contributed by atoms with van der Waals surface area (Å²) in [5, 5.41) is 18.6. The first-order chi connectivity index (χ1) is 6.62. The molecule has 0 fully saturated rings. The van der Waals surface area contributed by atoms with Crippen molar-refractivity contribution in [1.82, 2.24) is 0 Å². The molecule has 0 saturated carbocycles. The Morgan fingerprint density at radius 3 is 1.93 bits per heavy atom. The van der Waals surface area contributed by atoms with E-state index in [0.717, 1.165) is 25.8 Å². The van der Waals surface area contributed by atoms with Gasteiger partial charge in [0.2, 0.25) is 0 Å². The fourth-order valence-electron chi connectivity index (χ4n) is 1.44. The third-order valence-corrected chi connectivity index (χ3v) is 2.60. The zero-order valence-corrected chi connectivity index (χ0v) is 9.34. The summed E-state index contributed by atoms with van der Waals surface area (Å²) >= 11 is 0. The number of unbranched alkanes of at least 4 members (excludes halogenated alkanes) is 5. The first kappa shape index (κ1) is 13.9. The molecular formula is C11H25NO2. The molecular weight excluding hydrogens is 178 g/mol. The molecule has 0 unspecified atom stereocenters. The third kappa shape index (κ3) is 8.48. The van der Waals surface area contributed by atoms with Crippen molar-refractivity contribution in [3.05, 3.63) is 0 Å². The molecule has 0 heterocycles. The summed E-state index contributed by atoms with van der Waals surface area (Å²) in [4.78, 5) is 0. The van der Waals surface area contributed by atoms with Crippen molar-refractivity contribution in [2.75, 3.05) is 6.54 Å². The van der Waals surface area contributed by atoms with Crippen LogP contribution in [0.15, 0.2) is 0 Å². The number of nitrogens with two attached hydrogens (primary N) is 1. The highest BCUT2D eigenvalue weighted by Gasteiger charge is 2.18. The van der Waals surface area contributed by atoms with Crippen LogP contribution in [-0.2, 0) is 0 Å². The molecule has 0 radical (unpaired) electrons. The Morgan fingerprint density at radius 2 is 1.43 bits per heavy atom. The van der Waals surface area contributed by atoms with E-state index in [1.165, 1.54) is 19.3 Å². The average molecular weight is 203 g/mol. The Hall–Kier alpha value is -0.120. The van der Waals surface area contributed by atoms with Crippen LogP contribution in [0.4, 0.5) is 0 Å². The highest BCUT2D eigenvalue weighted by atomic mass is 16.5. The van der Waals surface area contributed by atoms with Crippen LogP contribution in [0, 0.1) is 0 Å². The second kappa shape index (κ2) is 8.21. The van der Waals surface area contributed by atoms with Crippen LogP contribution in [0.2, 0.25) is 0 Å². The number of hydrogen-bond donors (Lipinski definition) is 3. The van der Waals surface area contributed by atoms with Gasteiger partial charge in [0.1, 0.15) is 0 Å². The molecule has 0 atom stereocenters. The van der Waals surface area contributed by atoms with E-state index in [0.29, 0.717) is 12.8 Å². The van der Waals surface area contributed by atoms with Crippen molar-refractivity contribution in [1.29, 1.82) is 0 Å². The standard InChI is InChI=1S/C11H25NO2/c1-2-11(13,14)9-7-5-3-4-6-8-10-12/h13-14H,2-10,12H2,1H3. The minimum absolute atomic E-state index is 0.417. The highest BCUT2D eigenvalue weighted by Crippen LogP contribution is 2.16. The summed E-state index contributed by atoms with van der Waals surface area (Å²) in [6, 6.07) is 0. The molecule has 3 heteroatoms. The molecule has 0 aromatic heterocycles. The van der Waals surface area contributed by atoms with E-state index < -0.39 is 5.79 Å². The van der Waals surface area contributed by atoms with E-state index >= 15 is 0 Å². The first-order valence-corrected chi connectivity index (χ1v) is 5.77. The molecule has 0 rings (SSSR count). The van der Waals surface area contributed by atoms with Gasteiger partial charge >= 0.3 is 0 Å². The van der Waals surface area contributed by atoms with Crippen LogP contribution in [0.3, 0.4) is 0 Å². The Balaban J connectivity index is 3.13. The predicted molar refractivity (Wildman–Crippen MR) is 58.8 cm³/mol. The van der Waals surface area contributed by atoms with Crippen LogP contribution >= 0.6 is 0 Å². The van der Waals surface area contributed by atoms with E-state index in [1.54, 1.807) is 6.92 Å². The summed E-state index contributed by atoms with van der Waals surface area (Å²) < 4.78 is 0. The van der Waals surface area contributed by atoms with Gasteiger partial charge < -0.3 is 15.9 Å². The van der Waals surface area contributed by atoms with Crippen molar-refractivity contribution in [3.8, 4) is 0 Å². The van der Waals surface area contributed by atoms with Gasteiger partial charge in [-0.3, -0.25) is 0 Å². The van der Waals surface area contributed by atoms with Crippen LogP contribution < -0.4 is 5.73 Å². The molecule has 0 amide bonds. The average Bonchev–Trinajstić information content (AvgIpc) is 2.16. The first-order valence-electron chi connectivity index (χ1n) is 5.77. The van der Waals surface area contributed by atoms with Crippen molar-refractivity contribution in [2.45, 2.75) is 64.1 Å². The van der Waals surface area contributed by atoms with Gasteiger partial charge in [0.25, 0.3) is 0 Å². The largest absolute Gasteiger partial charge is 0.366 e. The highest BCUT2D eigenvalue weighted by molar-refractivity contribution is 4.61. The molecule has 0 aliphatic heterocycles. The maximum Gasteiger partial charge on any atom is 0.162 e. The maximum atomic E-state index is 9.30. The Labute approximate surface area is 87.3 Å². The molecule has 0 bridgehead atoms. The topological polar surface area (TPSA) is 66.5 Å². The Bertz CT molecular complexity index is 126. The molecule has 3 nitrogen and oxygen atoms in total. The molecule has 0 aromatic carbocycles. The molecule has 0 aliphatic carbocycles. The smallest absolute Gasteiger partial charge is 0.162 e. The predicted octanol–water partition coefficient (Wildman–Crippen LogP) is 1.77. The lowest BCUT2D eigenvalue weighted by molar-refractivity contribution is -0.167.